The number of nitrogens with two attached hydrogens (primary N) is 1. The molecule has 0 radical (unpaired) electrons. The fourth-order valence-corrected chi connectivity index (χ4v) is 2.33. The van der Waals surface area contributed by atoms with Crippen LogP contribution in [0.3, 0.4) is 0 Å². The van der Waals surface area contributed by atoms with Crippen molar-refractivity contribution < 1.29 is 4.79 Å². The first-order valence-electron chi connectivity index (χ1n) is 6.61. The van der Waals surface area contributed by atoms with E-state index in [1.165, 1.54) is 11.3 Å². The molecule has 1 heterocycles. The molecule has 1 aliphatic rings. The van der Waals surface area contributed by atoms with Gasteiger partial charge in [0.2, 0.25) is 5.91 Å². The van der Waals surface area contributed by atoms with Crippen LogP contribution in [-0.4, -0.2) is 32.1 Å². The average molecular weight is 247 g/mol. The van der Waals surface area contributed by atoms with Gasteiger partial charge in [-0.3, -0.25) is 4.79 Å². The number of benzene rings is 1. The highest BCUT2D eigenvalue weighted by molar-refractivity contribution is 5.83. The quantitative estimate of drug-likeness (QED) is 0.760. The first-order chi connectivity index (χ1) is 8.81. The third-order valence-electron chi connectivity index (χ3n) is 3.27. The van der Waals surface area contributed by atoms with Crippen molar-refractivity contribution in [1.29, 1.82) is 0 Å². The van der Waals surface area contributed by atoms with Gasteiger partial charge in [0, 0.05) is 18.8 Å². The average Bonchev–Trinajstić information content (AvgIpc) is 2.40. The molecule has 3 N–H and O–H groups in total. The molecule has 98 valence electrons. The number of aryl methyl sites for hydroxylation is 1. The molecule has 0 unspecified atom stereocenters. The zero-order valence-corrected chi connectivity index (χ0v) is 10.7. The minimum absolute atomic E-state index is 0.109. The third kappa shape index (κ3) is 3.23. The molecule has 1 amide bonds. The molecule has 4 heteroatoms. The van der Waals surface area contributed by atoms with Crippen LogP contribution in [0.2, 0.25) is 0 Å². The van der Waals surface area contributed by atoms with Gasteiger partial charge in [0.1, 0.15) is 0 Å². The molecular formula is C14H21N3O. The number of hydrogen-bond donors (Lipinski definition) is 2. The Morgan fingerprint density at radius 2 is 2.11 bits per heavy atom. The summed E-state index contributed by atoms with van der Waals surface area (Å²) in [7, 11) is 0. The lowest BCUT2D eigenvalue weighted by atomic mass is 10.0. The number of nitrogens with one attached hydrogen (secondary N) is 1. The number of anilines is 1. The highest BCUT2D eigenvalue weighted by Crippen LogP contribution is 2.22. The van der Waals surface area contributed by atoms with Gasteiger partial charge in [0.15, 0.2) is 0 Å². The lowest BCUT2D eigenvalue weighted by Crippen LogP contribution is -2.48. The summed E-state index contributed by atoms with van der Waals surface area (Å²) < 4.78 is 0. The Morgan fingerprint density at radius 1 is 1.28 bits per heavy atom. The van der Waals surface area contributed by atoms with Crippen molar-refractivity contribution in [3.63, 3.8) is 0 Å². The summed E-state index contributed by atoms with van der Waals surface area (Å²) >= 11 is 0. The molecule has 0 aromatic heterocycles. The minimum atomic E-state index is 0.109. The Morgan fingerprint density at radius 3 is 2.89 bits per heavy atom. The lowest BCUT2D eigenvalue weighted by Gasteiger charge is -2.30. The molecule has 0 aliphatic carbocycles. The van der Waals surface area contributed by atoms with E-state index in [9.17, 15) is 4.79 Å². The summed E-state index contributed by atoms with van der Waals surface area (Å²) in [6.45, 7) is 2.83. The smallest absolute Gasteiger partial charge is 0.239 e. The summed E-state index contributed by atoms with van der Waals surface area (Å²) in [4.78, 5) is 13.6. The minimum Gasteiger partial charge on any atom is -0.360 e. The van der Waals surface area contributed by atoms with Crippen LogP contribution in [0.1, 0.15) is 18.4 Å². The maximum atomic E-state index is 11.4. The van der Waals surface area contributed by atoms with Gasteiger partial charge in [-0.1, -0.05) is 18.2 Å². The summed E-state index contributed by atoms with van der Waals surface area (Å²) in [6.07, 6.45) is 3.19. The Labute approximate surface area is 108 Å². The molecule has 1 aliphatic heterocycles. The number of nitrogens with zero attached hydrogens (tertiary/aromatic N) is 1. The molecule has 1 fully saturated rings. The van der Waals surface area contributed by atoms with E-state index >= 15 is 0 Å². The van der Waals surface area contributed by atoms with Crippen molar-refractivity contribution >= 4 is 11.6 Å². The highest BCUT2D eigenvalue weighted by atomic mass is 16.2. The van der Waals surface area contributed by atoms with Crippen LogP contribution in [0, 0.1) is 0 Å². The number of amides is 1. The molecule has 2 rings (SSSR count). The SMILES string of the molecule is NCCCCc1ccccc1N1CCNC(=O)C1. The molecular weight excluding hydrogens is 226 g/mol. The van der Waals surface area contributed by atoms with Crippen molar-refractivity contribution in [3.05, 3.63) is 29.8 Å². The molecule has 0 spiro atoms. The van der Waals surface area contributed by atoms with E-state index in [2.05, 4.69) is 28.4 Å². The summed E-state index contributed by atoms with van der Waals surface area (Å²) in [5, 5.41) is 2.86. The van der Waals surface area contributed by atoms with Gasteiger partial charge in [-0.15, -0.1) is 0 Å². The van der Waals surface area contributed by atoms with Crippen LogP contribution in [-0.2, 0) is 11.2 Å². The van der Waals surface area contributed by atoms with E-state index in [1.807, 2.05) is 6.07 Å². The van der Waals surface area contributed by atoms with Crippen LogP contribution in [0.25, 0.3) is 0 Å². The molecule has 1 aromatic rings. The maximum absolute atomic E-state index is 11.4. The van der Waals surface area contributed by atoms with E-state index in [1.54, 1.807) is 0 Å². The van der Waals surface area contributed by atoms with Gasteiger partial charge in [-0.2, -0.15) is 0 Å². The Balaban J connectivity index is 2.08. The topological polar surface area (TPSA) is 58.4 Å². The van der Waals surface area contributed by atoms with Gasteiger partial charge in [0.25, 0.3) is 0 Å². The van der Waals surface area contributed by atoms with Crippen molar-refractivity contribution in [2.45, 2.75) is 19.3 Å². The number of hydrogen-bond acceptors (Lipinski definition) is 3. The zero-order valence-electron chi connectivity index (χ0n) is 10.7. The van der Waals surface area contributed by atoms with E-state index in [4.69, 9.17) is 5.73 Å². The van der Waals surface area contributed by atoms with Crippen LogP contribution in [0.5, 0.6) is 0 Å². The maximum Gasteiger partial charge on any atom is 0.239 e. The first-order valence-corrected chi connectivity index (χ1v) is 6.61. The van der Waals surface area contributed by atoms with E-state index in [0.717, 1.165) is 38.9 Å². The van der Waals surface area contributed by atoms with Crippen molar-refractivity contribution in [2.24, 2.45) is 5.73 Å². The number of unbranched alkanes of at least 4 members (excludes halogenated alkanes) is 1. The van der Waals surface area contributed by atoms with Crippen LogP contribution < -0.4 is 16.0 Å². The van der Waals surface area contributed by atoms with Gasteiger partial charge < -0.3 is 16.0 Å². The molecule has 0 atom stereocenters. The van der Waals surface area contributed by atoms with Gasteiger partial charge in [-0.25, -0.2) is 0 Å². The molecule has 1 aromatic carbocycles. The van der Waals surface area contributed by atoms with E-state index < -0.39 is 0 Å². The zero-order chi connectivity index (χ0) is 12.8. The second kappa shape index (κ2) is 6.40. The Kier molecular flexibility index (Phi) is 4.59. The Bertz CT molecular complexity index is 406. The van der Waals surface area contributed by atoms with Crippen molar-refractivity contribution in [2.75, 3.05) is 31.1 Å². The predicted molar refractivity (Wildman–Crippen MR) is 73.7 cm³/mol. The second-order valence-corrected chi connectivity index (χ2v) is 4.65. The predicted octanol–water partition coefficient (Wildman–Crippen LogP) is 0.904. The number of piperazine rings is 1. The number of rotatable bonds is 5. The lowest BCUT2D eigenvalue weighted by molar-refractivity contribution is -0.120. The second-order valence-electron chi connectivity index (χ2n) is 4.65. The van der Waals surface area contributed by atoms with Gasteiger partial charge in [0.05, 0.1) is 6.54 Å². The summed E-state index contributed by atoms with van der Waals surface area (Å²) in [6, 6.07) is 8.36. The summed E-state index contributed by atoms with van der Waals surface area (Å²) in [5.41, 5.74) is 8.05. The normalized spacial score (nSPS) is 15.6. The number of carbonyl (C=O) groups is 1. The molecule has 18 heavy (non-hydrogen) atoms. The third-order valence-corrected chi connectivity index (χ3v) is 3.27. The fraction of sp³-hybridized carbons (Fsp3) is 0.500. The van der Waals surface area contributed by atoms with Gasteiger partial charge in [-0.05, 0) is 37.4 Å². The molecule has 0 saturated carbocycles. The molecule has 1 saturated heterocycles. The monoisotopic (exact) mass is 247 g/mol. The van der Waals surface area contributed by atoms with Gasteiger partial charge >= 0.3 is 0 Å². The van der Waals surface area contributed by atoms with Crippen molar-refractivity contribution in [3.8, 4) is 0 Å². The van der Waals surface area contributed by atoms with Crippen LogP contribution in [0.15, 0.2) is 24.3 Å². The van der Waals surface area contributed by atoms with E-state index in [-0.39, 0.29) is 5.91 Å². The van der Waals surface area contributed by atoms with Crippen LogP contribution in [0.4, 0.5) is 5.69 Å². The van der Waals surface area contributed by atoms with Crippen molar-refractivity contribution in [1.82, 2.24) is 5.32 Å². The largest absolute Gasteiger partial charge is 0.360 e. The summed E-state index contributed by atoms with van der Waals surface area (Å²) in [5.74, 6) is 0.109. The van der Waals surface area contributed by atoms with Crippen LogP contribution >= 0.6 is 0 Å². The number of para-hydroxylation sites is 1. The van der Waals surface area contributed by atoms with E-state index in [0.29, 0.717) is 6.54 Å². The standard InChI is InChI=1S/C14H21N3O/c15-8-4-3-6-12-5-1-2-7-13(12)17-10-9-16-14(18)11-17/h1-2,5,7H,3-4,6,8-11,15H2,(H,16,18). The fourth-order valence-electron chi connectivity index (χ4n) is 2.33. The molecule has 4 nitrogen and oxygen atoms in total. The first kappa shape index (κ1) is 12.9. The Hall–Kier alpha value is -1.55. The molecule has 0 bridgehead atoms. The highest BCUT2D eigenvalue weighted by Gasteiger charge is 2.18. The number of carbonyl (C=O) groups excluding carboxylic acids is 1.